The predicted molar refractivity (Wildman–Crippen MR) is 76.0 cm³/mol. The Labute approximate surface area is 122 Å². The van der Waals surface area contributed by atoms with Gasteiger partial charge in [-0.2, -0.15) is 0 Å². The van der Waals surface area contributed by atoms with Gasteiger partial charge < -0.3 is 9.84 Å². The average molecular weight is 290 g/mol. The molecule has 1 unspecified atom stereocenters. The van der Waals surface area contributed by atoms with Crippen LogP contribution in [0.5, 0.6) is 5.75 Å². The van der Waals surface area contributed by atoms with Crippen LogP contribution in [-0.4, -0.2) is 37.9 Å². The Bertz CT molecular complexity index is 623. The highest BCUT2D eigenvalue weighted by atomic mass is 16.5. The van der Waals surface area contributed by atoms with E-state index in [4.69, 9.17) is 4.74 Å². The molecule has 1 N–H and O–H groups in total. The standard InChI is InChI=1S/C14H18N4O3/c1-4-14(3,13(19)20)18-12(15-16-17-18)10-6-8-11(9-7-10)21-5-2/h6-9H,4-5H2,1-3H3,(H,19,20). The third-order valence-electron chi connectivity index (χ3n) is 3.51. The van der Waals surface area contributed by atoms with Gasteiger partial charge in [0.2, 0.25) is 0 Å². The quantitative estimate of drug-likeness (QED) is 0.874. The molecule has 0 aliphatic heterocycles. The Morgan fingerprint density at radius 2 is 2.00 bits per heavy atom. The molecule has 1 heterocycles. The molecule has 1 aromatic heterocycles. The summed E-state index contributed by atoms with van der Waals surface area (Å²) in [4.78, 5) is 11.5. The molecule has 0 fully saturated rings. The Hall–Kier alpha value is -2.44. The molecule has 1 aromatic carbocycles. The van der Waals surface area contributed by atoms with Gasteiger partial charge in [0.25, 0.3) is 0 Å². The SMILES string of the molecule is CCOc1ccc(-c2nnnn2C(C)(CC)C(=O)O)cc1. The van der Waals surface area contributed by atoms with Crippen LogP contribution in [0.1, 0.15) is 27.2 Å². The van der Waals surface area contributed by atoms with E-state index in [0.29, 0.717) is 18.9 Å². The van der Waals surface area contributed by atoms with Crippen molar-refractivity contribution in [3.8, 4) is 17.1 Å². The van der Waals surface area contributed by atoms with Crippen LogP contribution in [0.15, 0.2) is 24.3 Å². The minimum absolute atomic E-state index is 0.372. The van der Waals surface area contributed by atoms with Gasteiger partial charge in [-0.05, 0) is 55.0 Å². The molecule has 0 radical (unpaired) electrons. The molecule has 0 amide bonds. The van der Waals surface area contributed by atoms with E-state index < -0.39 is 11.5 Å². The third-order valence-corrected chi connectivity index (χ3v) is 3.51. The Balaban J connectivity index is 2.42. The maximum absolute atomic E-state index is 11.5. The van der Waals surface area contributed by atoms with E-state index in [1.54, 1.807) is 13.8 Å². The third kappa shape index (κ3) is 2.72. The summed E-state index contributed by atoms with van der Waals surface area (Å²) in [6.45, 7) is 5.89. The lowest BCUT2D eigenvalue weighted by atomic mass is 9.99. The van der Waals surface area contributed by atoms with Gasteiger partial charge in [-0.1, -0.05) is 6.92 Å². The molecule has 7 nitrogen and oxygen atoms in total. The molecule has 0 aliphatic rings. The van der Waals surface area contributed by atoms with Gasteiger partial charge in [-0.25, -0.2) is 9.48 Å². The molecule has 1 atom stereocenters. The number of ether oxygens (including phenoxy) is 1. The predicted octanol–water partition coefficient (Wildman–Crippen LogP) is 1.95. The fourth-order valence-electron chi connectivity index (χ4n) is 1.96. The number of carbonyl (C=O) groups is 1. The second-order valence-electron chi connectivity index (χ2n) is 4.80. The molecule has 0 saturated heterocycles. The summed E-state index contributed by atoms with van der Waals surface area (Å²) < 4.78 is 6.73. The van der Waals surface area contributed by atoms with Gasteiger partial charge >= 0.3 is 5.97 Å². The summed E-state index contributed by atoms with van der Waals surface area (Å²) >= 11 is 0. The lowest BCUT2D eigenvalue weighted by Gasteiger charge is -2.24. The molecule has 0 saturated carbocycles. The number of carboxylic acid groups (broad SMARTS) is 1. The Kier molecular flexibility index (Phi) is 4.21. The van der Waals surface area contributed by atoms with Crippen molar-refractivity contribution in [2.75, 3.05) is 6.61 Å². The van der Waals surface area contributed by atoms with Crippen molar-refractivity contribution < 1.29 is 14.6 Å². The van der Waals surface area contributed by atoms with E-state index in [1.807, 2.05) is 31.2 Å². The number of nitrogens with zero attached hydrogens (tertiary/aromatic N) is 4. The average Bonchev–Trinajstić information content (AvgIpc) is 2.97. The topological polar surface area (TPSA) is 90.1 Å². The number of tetrazole rings is 1. The van der Waals surface area contributed by atoms with Gasteiger partial charge in [0.15, 0.2) is 11.4 Å². The largest absolute Gasteiger partial charge is 0.494 e. The lowest BCUT2D eigenvalue weighted by Crippen LogP contribution is -2.39. The first-order chi connectivity index (χ1) is 10.0. The van der Waals surface area contributed by atoms with Gasteiger partial charge in [-0.15, -0.1) is 5.10 Å². The van der Waals surface area contributed by atoms with Crippen molar-refractivity contribution in [2.24, 2.45) is 0 Å². The number of rotatable bonds is 6. The van der Waals surface area contributed by atoms with Gasteiger partial charge in [0.1, 0.15) is 5.75 Å². The summed E-state index contributed by atoms with van der Waals surface area (Å²) in [5.74, 6) is 0.200. The molecule has 7 heteroatoms. The van der Waals surface area contributed by atoms with Crippen LogP contribution in [-0.2, 0) is 10.3 Å². The fraction of sp³-hybridized carbons (Fsp3) is 0.429. The highest BCUT2D eigenvalue weighted by Crippen LogP contribution is 2.27. The van der Waals surface area contributed by atoms with Crippen molar-refractivity contribution in [3.05, 3.63) is 24.3 Å². The highest BCUT2D eigenvalue weighted by molar-refractivity contribution is 5.77. The maximum Gasteiger partial charge on any atom is 0.331 e. The second kappa shape index (κ2) is 5.90. The lowest BCUT2D eigenvalue weighted by molar-refractivity contribution is -0.147. The summed E-state index contributed by atoms with van der Waals surface area (Å²) in [5.41, 5.74) is -0.443. The number of benzene rings is 1. The minimum Gasteiger partial charge on any atom is -0.494 e. The molecular weight excluding hydrogens is 272 g/mol. The summed E-state index contributed by atoms with van der Waals surface area (Å²) in [6.07, 6.45) is 0.372. The molecular formula is C14H18N4O3. The molecule has 2 aromatic rings. The van der Waals surface area contributed by atoms with Gasteiger partial charge in [-0.3, -0.25) is 0 Å². The van der Waals surface area contributed by atoms with Crippen LogP contribution >= 0.6 is 0 Å². The monoisotopic (exact) mass is 290 g/mol. The van der Waals surface area contributed by atoms with Crippen LogP contribution in [0.4, 0.5) is 0 Å². The first-order valence-electron chi connectivity index (χ1n) is 6.78. The van der Waals surface area contributed by atoms with Crippen LogP contribution in [0.2, 0.25) is 0 Å². The Morgan fingerprint density at radius 1 is 1.33 bits per heavy atom. The van der Waals surface area contributed by atoms with Crippen molar-refractivity contribution in [1.29, 1.82) is 0 Å². The minimum atomic E-state index is -1.18. The van der Waals surface area contributed by atoms with Crippen LogP contribution < -0.4 is 4.74 Å². The Morgan fingerprint density at radius 3 is 2.52 bits per heavy atom. The fourth-order valence-corrected chi connectivity index (χ4v) is 1.96. The first-order valence-corrected chi connectivity index (χ1v) is 6.78. The zero-order valence-corrected chi connectivity index (χ0v) is 12.3. The molecule has 2 rings (SSSR count). The van der Waals surface area contributed by atoms with E-state index in [2.05, 4.69) is 15.5 Å². The zero-order valence-electron chi connectivity index (χ0n) is 12.3. The summed E-state index contributed by atoms with van der Waals surface area (Å²) in [5, 5.41) is 20.9. The maximum atomic E-state index is 11.5. The highest BCUT2D eigenvalue weighted by Gasteiger charge is 2.37. The second-order valence-corrected chi connectivity index (χ2v) is 4.80. The van der Waals surface area contributed by atoms with Crippen molar-refractivity contribution in [1.82, 2.24) is 20.2 Å². The molecule has 112 valence electrons. The molecule has 0 bridgehead atoms. The number of hydrogen-bond donors (Lipinski definition) is 1. The van der Waals surface area contributed by atoms with Gasteiger partial charge in [0, 0.05) is 5.56 Å². The van der Waals surface area contributed by atoms with E-state index in [9.17, 15) is 9.90 Å². The zero-order chi connectivity index (χ0) is 15.5. The summed E-state index contributed by atoms with van der Waals surface area (Å²) in [6, 6.07) is 7.24. The number of aliphatic carboxylic acids is 1. The van der Waals surface area contributed by atoms with Crippen molar-refractivity contribution in [3.63, 3.8) is 0 Å². The first kappa shape index (κ1) is 15.0. The van der Waals surface area contributed by atoms with Crippen molar-refractivity contribution in [2.45, 2.75) is 32.7 Å². The normalized spacial score (nSPS) is 13.7. The van der Waals surface area contributed by atoms with Gasteiger partial charge in [0.05, 0.1) is 6.61 Å². The van der Waals surface area contributed by atoms with E-state index in [1.165, 1.54) is 4.68 Å². The summed E-state index contributed by atoms with van der Waals surface area (Å²) in [7, 11) is 0. The molecule has 21 heavy (non-hydrogen) atoms. The van der Waals surface area contributed by atoms with Crippen LogP contribution in [0.3, 0.4) is 0 Å². The number of carboxylic acids is 1. The van der Waals surface area contributed by atoms with E-state index in [-0.39, 0.29) is 0 Å². The number of aromatic nitrogens is 4. The molecule has 0 aliphatic carbocycles. The van der Waals surface area contributed by atoms with E-state index in [0.717, 1.165) is 11.3 Å². The number of hydrogen-bond acceptors (Lipinski definition) is 5. The smallest absolute Gasteiger partial charge is 0.331 e. The van der Waals surface area contributed by atoms with Crippen LogP contribution in [0.25, 0.3) is 11.4 Å². The molecule has 0 spiro atoms. The van der Waals surface area contributed by atoms with Crippen LogP contribution in [0, 0.1) is 0 Å². The van der Waals surface area contributed by atoms with E-state index >= 15 is 0 Å². The van der Waals surface area contributed by atoms with Crippen molar-refractivity contribution >= 4 is 5.97 Å².